The van der Waals surface area contributed by atoms with E-state index in [1.165, 1.54) is 0 Å². The first kappa shape index (κ1) is 20.6. The Morgan fingerprint density at radius 2 is 1.63 bits per heavy atom. The number of unbranched alkanes of at least 4 members (excludes halogenated alkanes) is 3. The molecule has 2 aromatic carbocycles. The Balaban J connectivity index is 1.86. The van der Waals surface area contributed by atoms with Crippen molar-refractivity contribution in [1.29, 1.82) is 0 Å². The summed E-state index contributed by atoms with van der Waals surface area (Å²) in [6.07, 6.45) is 4.63. The molecule has 142 valence electrons. The average Bonchev–Trinajstić information content (AvgIpc) is 2.66. The highest BCUT2D eigenvalue weighted by Crippen LogP contribution is 2.13. The molecule has 0 aliphatic rings. The lowest BCUT2D eigenvalue weighted by Gasteiger charge is -2.11. The highest BCUT2D eigenvalue weighted by molar-refractivity contribution is 7.80. The molecule has 0 aromatic heterocycles. The van der Waals surface area contributed by atoms with E-state index in [1.54, 1.807) is 24.3 Å². The summed E-state index contributed by atoms with van der Waals surface area (Å²) in [5.41, 5.74) is 1.87. The van der Waals surface area contributed by atoms with Crippen molar-refractivity contribution in [3.05, 3.63) is 60.2 Å². The van der Waals surface area contributed by atoms with Crippen molar-refractivity contribution in [1.82, 2.24) is 5.32 Å². The molecule has 5 nitrogen and oxygen atoms in total. The fraction of sp³-hybridized carbons (Fsp3) is 0.286. The number of hydrogen-bond acceptors (Lipinski definition) is 3. The topological polar surface area (TPSA) is 70.2 Å². The molecule has 0 bridgehead atoms. The molecule has 0 aliphatic heterocycles. The predicted octanol–water partition coefficient (Wildman–Crippen LogP) is 4.72. The van der Waals surface area contributed by atoms with Crippen LogP contribution in [0.1, 0.15) is 49.4 Å². The number of nitrogens with one attached hydrogen (secondary N) is 3. The third-order valence-electron chi connectivity index (χ3n) is 3.92. The van der Waals surface area contributed by atoms with Gasteiger partial charge in [-0.2, -0.15) is 0 Å². The Bertz CT molecular complexity index is 778. The maximum absolute atomic E-state index is 12.4. The van der Waals surface area contributed by atoms with Crippen LogP contribution in [-0.4, -0.2) is 16.9 Å². The summed E-state index contributed by atoms with van der Waals surface area (Å²) in [5, 5.41) is 8.70. The van der Waals surface area contributed by atoms with Crippen molar-refractivity contribution in [3.63, 3.8) is 0 Å². The van der Waals surface area contributed by atoms with Gasteiger partial charge in [0.15, 0.2) is 5.11 Å². The normalized spacial score (nSPS) is 10.1. The van der Waals surface area contributed by atoms with Crippen LogP contribution in [0.15, 0.2) is 54.6 Å². The molecular formula is C21H25N3O2S. The molecule has 27 heavy (non-hydrogen) atoms. The Morgan fingerprint density at radius 3 is 2.37 bits per heavy atom. The van der Waals surface area contributed by atoms with Crippen molar-refractivity contribution in [2.24, 2.45) is 0 Å². The van der Waals surface area contributed by atoms with Crippen molar-refractivity contribution in [2.45, 2.75) is 39.0 Å². The molecule has 0 saturated carbocycles. The fourth-order valence-electron chi connectivity index (χ4n) is 2.53. The van der Waals surface area contributed by atoms with Gasteiger partial charge in [0.05, 0.1) is 0 Å². The number of rotatable bonds is 8. The lowest BCUT2D eigenvalue weighted by Crippen LogP contribution is -2.34. The summed E-state index contributed by atoms with van der Waals surface area (Å²) in [4.78, 5) is 24.2. The van der Waals surface area contributed by atoms with Crippen molar-refractivity contribution < 1.29 is 9.59 Å². The third kappa shape index (κ3) is 7.58. The molecule has 0 aliphatic carbocycles. The van der Waals surface area contributed by atoms with Gasteiger partial charge in [-0.05, 0) is 49.0 Å². The first-order valence-electron chi connectivity index (χ1n) is 9.16. The van der Waals surface area contributed by atoms with Crippen LogP contribution in [-0.2, 0) is 4.79 Å². The van der Waals surface area contributed by atoms with Gasteiger partial charge in [0.1, 0.15) is 0 Å². The number of anilines is 2. The number of carbonyl (C=O) groups excluding carboxylic acids is 2. The van der Waals surface area contributed by atoms with Gasteiger partial charge in [0.2, 0.25) is 5.91 Å². The molecule has 0 atom stereocenters. The first-order valence-corrected chi connectivity index (χ1v) is 9.56. The number of carbonyl (C=O) groups is 2. The number of para-hydroxylation sites is 1. The molecule has 0 unspecified atom stereocenters. The minimum absolute atomic E-state index is 0.0958. The summed E-state index contributed by atoms with van der Waals surface area (Å²) in [6.45, 7) is 2.13. The number of thiocarbonyl (C=S) groups is 1. The molecule has 6 heteroatoms. The number of benzene rings is 2. The first-order chi connectivity index (χ1) is 13.1. The fourth-order valence-corrected chi connectivity index (χ4v) is 2.76. The van der Waals surface area contributed by atoms with E-state index in [4.69, 9.17) is 12.2 Å². The second-order valence-electron chi connectivity index (χ2n) is 6.21. The van der Waals surface area contributed by atoms with E-state index in [2.05, 4.69) is 22.9 Å². The largest absolute Gasteiger partial charge is 0.332 e. The van der Waals surface area contributed by atoms with Crippen molar-refractivity contribution >= 4 is 40.5 Å². The molecule has 0 saturated heterocycles. The number of hydrogen-bond donors (Lipinski definition) is 3. The van der Waals surface area contributed by atoms with Crippen molar-refractivity contribution in [3.8, 4) is 0 Å². The summed E-state index contributed by atoms with van der Waals surface area (Å²) >= 11 is 5.18. The van der Waals surface area contributed by atoms with Crippen LogP contribution < -0.4 is 16.0 Å². The van der Waals surface area contributed by atoms with Gasteiger partial charge in [-0.15, -0.1) is 0 Å². The molecule has 0 fully saturated rings. The van der Waals surface area contributed by atoms with Crippen LogP contribution in [0.5, 0.6) is 0 Å². The Hall–Kier alpha value is -2.73. The van der Waals surface area contributed by atoms with Crippen molar-refractivity contribution in [2.75, 3.05) is 10.6 Å². The van der Waals surface area contributed by atoms with Crippen LogP contribution in [0.3, 0.4) is 0 Å². The zero-order valence-corrected chi connectivity index (χ0v) is 16.3. The third-order valence-corrected chi connectivity index (χ3v) is 4.13. The Labute approximate surface area is 165 Å². The van der Waals surface area contributed by atoms with Gasteiger partial charge in [0.25, 0.3) is 5.91 Å². The van der Waals surface area contributed by atoms with Crippen LogP contribution >= 0.6 is 12.2 Å². The van der Waals surface area contributed by atoms with E-state index in [0.717, 1.165) is 31.4 Å². The molecule has 3 N–H and O–H groups in total. The monoisotopic (exact) mass is 383 g/mol. The van der Waals surface area contributed by atoms with Gasteiger partial charge < -0.3 is 16.0 Å². The maximum atomic E-state index is 12.4. The molecule has 2 amide bonds. The van der Waals surface area contributed by atoms with Gasteiger partial charge in [-0.3, -0.25) is 9.59 Å². The van der Waals surface area contributed by atoms with Crippen LogP contribution in [0, 0.1) is 0 Å². The second kappa shape index (κ2) is 11.1. The Morgan fingerprint density at radius 1 is 0.889 bits per heavy atom. The molecule has 2 aromatic rings. The smallest absolute Gasteiger partial charge is 0.255 e. The molecule has 0 radical (unpaired) electrons. The van der Waals surface area contributed by atoms with Gasteiger partial charge in [-0.25, -0.2) is 0 Å². The summed E-state index contributed by atoms with van der Waals surface area (Å²) in [7, 11) is 0. The van der Waals surface area contributed by atoms with E-state index in [1.807, 2.05) is 30.3 Å². The lowest BCUT2D eigenvalue weighted by atomic mass is 10.1. The summed E-state index contributed by atoms with van der Waals surface area (Å²) < 4.78 is 0. The van der Waals surface area contributed by atoms with E-state index in [-0.39, 0.29) is 16.9 Å². The lowest BCUT2D eigenvalue weighted by molar-refractivity contribution is -0.119. The molecule has 0 spiro atoms. The molecular weight excluding hydrogens is 358 g/mol. The van der Waals surface area contributed by atoms with Gasteiger partial charge in [0, 0.05) is 23.4 Å². The van der Waals surface area contributed by atoms with Crippen LogP contribution in [0.2, 0.25) is 0 Å². The SMILES string of the molecule is CCCCCCC(=O)NC(=S)Nc1cccc(C(=O)Nc2ccccc2)c1. The highest BCUT2D eigenvalue weighted by Gasteiger charge is 2.09. The second-order valence-corrected chi connectivity index (χ2v) is 6.62. The highest BCUT2D eigenvalue weighted by atomic mass is 32.1. The minimum atomic E-state index is -0.212. The quantitative estimate of drug-likeness (QED) is 0.456. The van der Waals surface area contributed by atoms with E-state index in [0.29, 0.717) is 17.7 Å². The molecule has 0 heterocycles. The Kier molecular flexibility index (Phi) is 8.45. The zero-order chi connectivity index (χ0) is 19.5. The zero-order valence-electron chi connectivity index (χ0n) is 15.5. The van der Waals surface area contributed by atoms with Crippen LogP contribution in [0.4, 0.5) is 11.4 Å². The maximum Gasteiger partial charge on any atom is 0.255 e. The van der Waals surface area contributed by atoms with E-state index < -0.39 is 0 Å². The summed E-state index contributed by atoms with van der Waals surface area (Å²) in [5.74, 6) is -0.308. The van der Waals surface area contributed by atoms with E-state index >= 15 is 0 Å². The number of amides is 2. The van der Waals surface area contributed by atoms with Gasteiger partial charge in [-0.1, -0.05) is 50.5 Å². The van der Waals surface area contributed by atoms with E-state index in [9.17, 15) is 9.59 Å². The van der Waals surface area contributed by atoms with Gasteiger partial charge >= 0.3 is 0 Å². The standard InChI is InChI=1S/C21H25N3O2S/c1-2-3-4-8-14-19(25)24-21(27)23-18-13-9-10-16(15-18)20(26)22-17-11-6-5-7-12-17/h5-7,9-13,15H,2-4,8,14H2,1H3,(H,22,26)(H2,23,24,25,27). The summed E-state index contributed by atoms with van der Waals surface area (Å²) in [6, 6.07) is 16.2. The predicted molar refractivity (Wildman–Crippen MR) is 114 cm³/mol. The van der Waals surface area contributed by atoms with Crippen LogP contribution in [0.25, 0.3) is 0 Å². The molecule has 2 rings (SSSR count). The minimum Gasteiger partial charge on any atom is -0.332 e. The average molecular weight is 384 g/mol.